The van der Waals surface area contributed by atoms with Crippen molar-refractivity contribution in [2.45, 2.75) is 39.2 Å². The van der Waals surface area contributed by atoms with Gasteiger partial charge in [-0.2, -0.15) is 0 Å². The van der Waals surface area contributed by atoms with Crippen molar-refractivity contribution in [2.24, 2.45) is 13.0 Å². The molecule has 0 radical (unpaired) electrons. The van der Waals surface area contributed by atoms with Crippen molar-refractivity contribution in [3.63, 3.8) is 0 Å². The summed E-state index contributed by atoms with van der Waals surface area (Å²) in [7, 11) is 1.78. The van der Waals surface area contributed by atoms with Crippen LogP contribution in [-0.2, 0) is 16.6 Å². The molecule has 1 atom stereocenters. The third-order valence-corrected chi connectivity index (χ3v) is 4.14. The molecule has 0 bridgehead atoms. The Morgan fingerprint density at radius 2 is 2.04 bits per heavy atom. The molecule has 7 nitrogen and oxygen atoms in total. The van der Waals surface area contributed by atoms with E-state index in [1.54, 1.807) is 42.8 Å². The van der Waals surface area contributed by atoms with Crippen LogP contribution in [0.5, 0.6) is 0 Å². The molecule has 1 N–H and O–H groups in total. The first-order valence-electron chi connectivity index (χ1n) is 7.82. The standard InChI is InChI=1S/C16H24N4O3/c1-11(21)18-16(2,3)15(23)20-8-5-6-12(10-20)13(22)14-17-7-9-19(14)4/h7,9,12H,5-6,8,10H2,1-4H3,(H,18,21)/t12-/m0/s1. The largest absolute Gasteiger partial charge is 0.342 e. The lowest BCUT2D eigenvalue weighted by Gasteiger charge is -2.37. The zero-order valence-electron chi connectivity index (χ0n) is 14.1. The molecule has 23 heavy (non-hydrogen) atoms. The molecular formula is C16H24N4O3. The van der Waals surface area contributed by atoms with Gasteiger partial charge in [-0.05, 0) is 26.7 Å². The Balaban J connectivity index is 2.09. The Labute approximate surface area is 136 Å². The molecule has 7 heteroatoms. The van der Waals surface area contributed by atoms with Crippen molar-refractivity contribution in [1.82, 2.24) is 19.8 Å². The predicted molar refractivity (Wildman–Crippen MR) is 84.7 cm³/mol. The highest BCUT2D eigenvalue weighted by molar-refractivity contribution is 5.96. The van der Waals surface area contributed by atoms with E-state index < -0.39 is 5.54 Å². The first kappa shape index (κ1) is 17.2. The van der Waals surface area contributed by atoms with Crippen molar-refractivity contribution in [3.05, 3.63) is 18.2 Å². The molecule has 1 aliphatic rings. The molecular weight excluding hydrogens is 296 g/mol. The maximum Gasteiger partial charge on any atom is 0.247 e. The van der Waals surface area contributed by atoms with Crippen LogP contribution in [-0.4, -0.2) is 50.7 Å². The number of aryl methyl sites for hydroxylation is 1. The molecule has 2 heterocycles. The van der Waals surface area contributed by atoms with E-state index in [1.807, 2.05) is 0 Å². The van der Waals surface area contributed by atoms with Crippen LogP contribution in [0.25, 0.3) is 0 Å². The first-order chi connectivity index (χ1) is 10.7. The second-order valence-electron chi connectivity index (χ2n) is 6.62. The average Bonchev–Trinajstić information content (AvgIpc) is 2.90. The van der Waals surface area contributed by atoms with Gasteiger partial charge in [0.25, 0.3) is 0 Å². The van der Waals surface area contributed by atoms with Crippen LogP contribution >= 0.6 is 0 Å². The first-order valence-corrected chi connectivity index (χ1v) is 7.82. The van der Waals surface area contributed by atoms with Crippen molar-refractivity contribution in [1.29, 1.82) is 0 Å². The summed E-state index contributed by atoms with van der Waals surface area (Å²) in [4.78, 5) is 42.3. The summed E-state index contributed by atoms with van der Waals surface area (Å²) in [5.41, 5.74) is -0.972. The van der Waals surface area contributed by atoms with E-state index in [9.17, 15) is 14.4 Å². The second kappa shape index (κ2) is 6.52. The molecule has 0 saturated carbocycles. The normalized spacial score (nSPS) is 18.6. The minimum absolute atomic E-state index is 0.0349. The molecule has 2 amide bonds. The molecule has 126 valence electrons. The Hall–Kier alpha value is -2.18. The average molecular weight is 320 g/mol. The van der Waals surface area contributed by atoms with E-state index in [-0.39, 0.29) is 23.5 Å². The Bertz CT molecular complexity index is 621. The number of carbonyl (C=O) groups excluding carboxylic acids is 3. The van der Waals surface area contributed by atoms with Gasteiger partial charge in [0.15, 0.2) is 5.82 Å². The number of nitrogens with one attached hydrogen (secondary N) is 1. The number of piperidine rings is 1. The van der Waals surface area contributed by atoms with Crippen LogP contribution in [0.4, 0.5) is 0 Å². The number of imidazole rings is 1. The van der Waals surface area contributed by atoms with Crippen molar-refractivity contribution in [2.75, 3.05) is 13.1 Å². The molecule has 0 spiro atoms. The molecule has 1 fully saturated rings. The number of Topliss-reactive ketones (excluding diaryl/α,β-unsaturated/α-hetero) is 1. The van der Waals surface area contributed by atoms with E-state index >= 15 is 0 Å². The monoisotopic (exact) mass is 320 g/mol. The van der Waals surface area contributed by atoms with Gasteiger partial charge in [-0.1, -0.05) is 0 Å². The van der Waals surface area contributed by atoms with Crippen molar-refractivity contribution >= 4 is 17.6 Å². The molecule has 1 aromatic heterocycles. The lowest BCUT2D eigenvalue weighted by atomic mass is 9.91. The summed E-state index contributed by atoms with van der Waals surface area (Å²) in [5.74, 6) is -0.272. The quantitative estimate of drug-likeness (QED) is 0.830. The maximum absolute atomic E-state index is 12.7. The summed E-state index contributed by atoms with van der Waals surface area (Å²) in [6, 6.07) is 0. The molecule has 0 aliphatic carbocycles. The van der Waals surface area contributed by atoms with Crippen LogP contribution in [0.1, 0.15) is 44.2 Å². The Morgan fingerprint density at radius 1 is 1.35 bits per heavy atom. The van der Waals surface area contributed by atoms with Crippen LogP contribution in [0, 0.1) is 5.92 Å². The number of ketones is 1. The number of aromatic nitrogens is 2. The highest BCUT2D eigenvalue weighted by Gasteiger charge is 2.37. The van der Waals surface area contributed by atoms with E-state index in [1.165, 1.54) is 6.92 Å². The van der Waals surface area contributed by atoms with Crippen LogP contribution in [0.2, 0.25) is 0 Å². The molecule has 1 saturated heterocycles. The van der Waals surface area contributed by atoms with Gasteiger partial charge in [0, 0.05) is 45.4 Å². The fourth-order valence-electron chi connectivity index (χ4n) is 3.05. The Kier molecular flexibility index (Phi) is 4.87. The van der Waals surface area contributed by atoms with Gasteiger partial charge in [0.05, 0.1) is 0 Å². The minimum Gasteiger partial charge on any atom is -0.342 e. The topological polar surface area (TPSA) is 84.3 Å². The zero-order valence-corrected chi connectivity index (χ0v) is 14.1. The number of likely N-dealkylation sites (tertiary alicyclic amines) is 1. The fraction of sp³-hybridized carbons (Fsp3) is 0.625. The minimum atomic E-state index is -0.972. The lowest BCUT2D eigenvalue weighted by Crippen LogP contribution is -2.57. The van der Waals surface area contributed by atoms with Gasteiger partial charge in [-0.15, -0.1) is 0 Å². The van der Waals surface area contributed by atoms with Gasteiger partial charge in [-0.3, -0.25) is 14.4 Å². The number of nitrogens with zero attached hydrogens (tertiary/aromatic N) is 3. The maximum atomic E-state index is 12.7. The van der Waals surface area contributed by atoms with E-state index in [2.05, 4.69) is 10.3 Å². The third-order valence-electron chi connectivity index (χ3n) is 4.14. The van der Waals surface area contributed by atoms with Crippen molar-refractivity contribution in [3.8, 4) is 0 Å². The summed E-state index contributed by atoms with van der Waals surface area (Å²) in [5, 5.41) is 2.67. The molecule has 1 aliphatic heterocycles. The molecule has 2 rings (SSSR count). The van der Waals surface area contributed by atoms with Gasteiger partial charge in [0.1, 0.15) is 5.54 Å². The highest BCUT2D eigenvalue weighted by atomic mass is 16.2. The number of rotatable bonds is 4. The summed E-state index contributed by atoms with van der Waals surface area (Å²) < 4.78 is 1.70. The second-order valence-corrected chi connectivity index (χ2v) is 6.62. The number of amides is 2. The smallest absolute Gasteiger partial charge is 0.247 e. The van der Waals surface area contributed by atoms with Crippen LogP contribution < -0.4 is 5.32 Å². The summed E-state index contributed by atoms with van der Waals surface area (Å²) in [6.45, 7) is 5.72. The SMILES string of the molecule is CC(=O)NC(C)(C)C(=O)N1CCC[C@H](C(=O)c2nccn2C)C1. The van der Waals surface area contributed by atoms with Gasteiger partial charge in [-0.25, -0.2) is 4.98 Å². The van der Waals surface area contributed by atoms with E-state index in [0.717, 1.165) is 12.8 Å². The number of hydrogen-bond acceptors (Lipinski definition) is 4. The van der Waals surface area contributed by atoms with Gasteiger partial charge >= 0.3 is 0 Å². The summed E-state index contributed by atoms with van der Waals surface area (Å²) >= 11 is 0. The van der Waals surface area contributed by atoms with Gasteiger partial charge < -0.3 is 14.8 Å². The molecule has 0 aromatic carbocycles. The van der Waals surface area contributed by atoms with Crippen molar-refractivity contribution < 1.29 is 14.4 Å². The number of carbonyl (C=O) groups is 3. The molecule has 1 aromatic rings. The summed E-state index contributed by atoms with van der Waals surface area (Å²) in [6.07, 6.45) is 4.84. The number of hydrogen-bond donors (Lipinski definition) is 1. The lowest BCUT2D eigenvalue weighted by molar-refractivity contribution is -0.141. The van der Waals surface area contributed by atoms with E-state index in [4.69, 9.17) is 0 Å². The third kappa shape index (κ3) is 3.78. The van der Waals surface area contributed by atoms with Crippen LogP contribution in [0.3, 0.4) is 0 Å². The predicted octanol–water partition coefficient (Wildman–Crippen LogP) is 0.756. The zero-order chi connectivity index (χ0) is 17.2. The highest BCUT2D eigenvalue weighted by Crippen LogP contribution is 2.22. The van der Waals surface area contributed by atoms with E-state index in [0.29, 0.717) is 18.9 Å². The molecule has 0 unspecified atom stereocenters. The fourth-order valence-corrected chi connectivity index (χ4v) is 3.05. The van der Waals surface area contributed by atoms with Crippen LogP contribution in [0.15, 0.2) is 12.4 Å². The van der Waals surface area contributed by atoms with Gasteiger partial charge in [0.2, 0.25) is 17.6 Å². The Morgan fingerprint density at radius 3 is 2.61 bits per heavy atom.